The number of alkyl carbamates (subject to hydrolysis) is 1. The van der Waals surface area contributed by atoms with E-state index < -0.39 is 12.2 Å². The van der Waals surface area contributed by atoms with E-state index in [0.717, 1.165) is 34.7 Å². The van der Waals surface area contributed by atoms with Crippen LogP contribution in [-0.2, 0) is 9.53 Å². The molecule has 0 saturated heterocycles. The van der Waals surface area contributed by atoms with Gasteiger partial charge >= 0.3 is 6.09 Å². The van der Waals surface area contributed by atoms with Crippen LogP contribution in [0.3, 0.4) is 0 Å². The number of fused-ring (bicyclic) bond motifs is 1. The molecule has 7 nitrogen and oxygen atoms in total. The van der Waals surface area contributed by atoms with Gasteiger partial charge in [0.2, 0.25) is 0 Å². The number of methoxy groups -OCH3 is 1. The molecule has 0 unspecified atom stereocenters. The van der Waals surface area contributed by atoms with Crippen molar-refractivity contribution in [3.63, 3.8) is 0 Å². The molecule has 2 aromatic rings. The van der Waals surface area contributed by atoms with Crippen LogP contribution in [0, 0.1) is 0 Å². The van der Waals surface area contributed by atoms with Gasteiger partial charge in [-0.2, -0.15) is 0 Å². The zero-order chi connectivity index (χ0) is 22.7. The van der Waals surface area contributed by atoms with Crippen molar-refractivity contribution in [1.29, 1.82) is 0 Å². The van der Waals surface area contributed by atoms with Crippen LogP contribution in [0.1, 0.15) is 23.7 Å². The first-order valence-electron chi connectivity index (χ1n) is 10.8. The quantitative estimate of drug-likeness (QED) is 0.687. The van der Waals surface area contributed by atoms with Gasteiger partial charge in [0, 0.05) is 24.0 Å². The molecule has 0 spiro atoms. The molecular weight excluding hydrogens is 426 g/mol. The minimum Gasteiger partial charge on any atom is -0.497 e. The van der Waals surface area contributed by atoms with Crippen LogP contribution in [0.2, 0.25) is 0 Å². The van der Waals surface area contributed by atoms with Gasteiger partial charge in [-0.3, -0.25) is 4.79 Å². The Hall–Kier alpha value is -2.71. The van der Waals surface area contributed by atoms with Gasteiger partial charge in [-0.25, -0.2) is 4.79 Å². The van der Waals surface area contributed by atoms with Crippen LogP contribution in [-0.4, -0.2) is 63.3 Å². The number of carbonyl (C=O) groups is 2. The van der Waals surface area contributed by atoms with E-state index in [1.54, 1.807) is 23.8 Å². The van der Waals surface area contributed by atoms with E-state index in [1.807, 2.05) is 67.5 Å². The number of hydrogen-bond acceptors (Lipinski definition) is 6. The lowest BCUT2D eigenvalue weighted by Gasteiger charge is -2.28. The van der Waals surface area contributed by atoms with Gasteiger partial charge in [0.15, 0.2) is 6.10 Å². The molecule has 2 atom stereocenters. The Morgan fingerprint density at radius 1 is 1.16 bits per heavy atom. The number of thioether (sulfide) groups is 1. The summed E-state index contributed by atoms with van der Waals surface area (Å²) >= 11 is 1.55. The smallest absolute Gasteiger partial charge is 0.408 e. The van der Waals surface area contributed by atoms with Crippen molar-refractivity contribution in [1.82, 2.24) is 10.2 Å². The van der Waals surface area contributed by atoms with Gasteiger partial charge in [-0.1, -0.05) is 24.3 Å². The van der Waals surface area contributed by atoms with Crippen molar-refractivity contribution in [2.24, 2.45) is 0 Å². The van der Waals surface area contributed by atoms with E-state index in [1.165, 1.54) is 0 Å². The average molecular weight is 456 g/mol. The van der Waals surface area contributed by atoms with E-state index in [4.69, 9.17) is 9.47 Å². The highest BCUT2D eigenvalue weighted by molar-refractivity contribution is 7.99. The second-order valence-electron chi connectivity index (χ2n) is 8.32. The lowest BCUT2D eigenvalue weighted by atomic mass is 10.1. The van der Waals surface area contributed by atoms with Crippen molar-refractivity contribution in [2.75, 3.05) is 39.2 Å². The van der Waals surface area contributed by atoms with Crippen LogP contribution in [0.5, 0.6) is 5.75 Å². The fourth-order valence-electron chi connectivity index (χ4n) is 3.60. The number of nitrogens with one attached hydrogen (secondary N) is 1. The van der Waals surface area contributed by atoms with E-state index in [0.29, 0.717) is 13.1 Å². The Bertz CT molecular complexity index is 962. The van der Waals surface area contributed by atoms with Gasteiger partial charge in [0.1, 0.15) is 5.75 Å². The number of amides is 2. The first-order valence-corrected chi connectivity index (χ1v) is 11.7. The average Bonchev–Trinajstić information content (AvgIpc) is 3.61. The summed E-state index contributed by atoms with van der Waals surface area (Å²) in [6, 6.07) is 15.6. The predicted molar refractivity (Wildman–Crippen MR) is 125 cm³/mol. The van der Waals surface area contributed by atoms with E-state index in [2.05, 4.69) is 5.32 Å². The van der Waals surface area contributed by atoms with Crippen molar-refractivity contribution >= 4 is 29.4 Å². The monoisotopic (exact) mass is 455 g/mol. The van der Waals surface area contributed by atoms with Crippen LogP contribution in [0.4, 0.5) is 10.5 Å². The summed E-state index contributed by atoms with van der Waals surface area (Å²) in [7, 11) is 5.56. The van der Waals surface area contributed by atoms with Gasteiger partial charge in [-0.05, 0) is 56.8 Å². The summed E-state index contributed by atoms with van der Waals surface area (Å²) < 4.78 is 11.1. The highest BCUT2D eigenvalue weighted by Crippen LogP contribution is 2.46. The minimum absolute atomic E-state index is 0.150. The van der Waals surface area contributed by atoms with Gasteiger partial charge < -0.3 is 24.6 Å². The number of hydrogen-bond donors (Lipinski definition) is 1. The van der Waals surface area contributed by atoms with Crippen LogP contribution >= 0.6 is 11.8 Å². The number of carbonyl (C=O) groups excluding carboxylic acids is 2. The third kappa shape index (κ3) is 5.19. The molecule has 1 saturated carbocycles. The van der Waals surface area contributed by atoms with Crippen LogP contribution in [0.25, 0.3) is 0 Å². The zero-order valence-electron chi connectivity index (χ0n) is 18.6. The highest BCUT2D eigenvalue weighted by Gasteiger charge is 2.41. The standard InChI is InChI=1S/C24H29N3O4S/c1-26(2)14-15-27-19-6-4-5-7-20(19)32-22(16-8-12-18(30-3)13-9-16)21(23(27)28)31-24(29)25-17-10-11-17/h4-9,12-13,17,21-22H,10-11,14-15H2,1-3H3,(H,25,29)/t21-,22+/m0/s1. The Morgan fingerprint density at radius 3 is 2.53 bits per heavy atom. The molecule has 32 heavy (non-hydrogen) atoms. The summed E-state index contributed by atoms with van der Waals surface area (Å²) in [6.45, 7) is 1.20. The lowest BCUT2D eigenvalue weighted by Crippen LogP contribution is -2.46. The molecule has 170 valence electrons. The van der Waals surface area contributed by atoms with Gasteiger partial charge in [-0.15, -0.1) is 11.8 Å². The molecule has 1 N–H and O–H groups in total. The van der Waals surface area contributed by atoms with Crippen molar-refractivity contribution in [2.45, 2.75) is 35.1 Å². The third-order valence-corrected chi connectivity index (χ3v) is 6.92. The molecule has 1 fully saturated rings. The molecule has 4 rings (SSSR count). The number of ether oxygens (including phenoxy) is 2. The number of likely N-dealkylation sites (N-methyl/N-ethyl adjacent to an activating group) is 1. The Labute approximate surface area is 193 Å². The molecule has 1 heterocycles. The topological polar surface area (TPSA) is 71.1 Å². The maximum Gasteiger partial charge on any atom is 0.408 e. The summed E-state index contributed by atoms with van der Waals surface area (Å²) in [6.07, 6.45) is 0.403. The fraction of sp³-hybridized carbons (Fsp3) is 0.417. The Morgan fingerprint density at radius 2 is 1.88 bits per heavy atom. The van der Waals surface area contributed by atoms with Crippen LogP contribution in [0.15, 0.2) is 53.4 Å². The fourth-order valence-corrected chi connectivity index (χ4v) is 4.92. The summed E-state index contributed by atoms with van der Waals surface area (Å²) in [5, 5.41) is 2.46. The second-order valence-corrected chi connectivity index (χ2v) is 9.50. The normalized spacial score (nSPS) is 20.5. The van der Waals surface area contributed by atoms with Gasteiger partial charge in [0.25, 0.3) is 5.91 Å². The Kier molecular flexibility index (Phi) is 6.91. The molecule has 1 aliphatic carbocycles. The highest BCUT2D eigenvalue weighted by atomic mass is 32.2. The van der Waals surface area contributed by atoms with Crippen molar-refractivity contribution < 1.29 is 19.1 Å². The lowest BCUT2D eigenvalue weighted by molar-refractivity contribution is -0.126. The van der Waals surface area contributed by atoms with Crippen molar-refractivity contribution in [3.8, 4) is 5.75 Å². The maximum absolute atomic E-state index is 13.8. The number of nitrogens with zero attached hydrogens (tertiary/aromatic N) is 2. The molecule has 2 amide bonds. The molecule has 1 aliphatic heterocycles. The van der Waals surface area contributed by atoms with Crippen LogP contribution < -0.4 is 15.0 Å². The van der Waals surface area contributed by atoms with Gasteiger partial charge in [0.05, 0.1) is 18.0 Å². The molecule has 2 aromatic carbocycles. The first-order chi connectivity index (χ1) is 15.5. The maximum atomic E-state index is 13.8. The largest absolute Gasteiger partial charge is 0.497 e. The first kappa shape index (κ1) is 22.5. The third-order valence-electron chi connectivity index (χ3n) is 5.54. The number of para-hydroxylation sites is 1. The molecule has 0 bridgehead atoms. The molecule has 0 aromatic heterocycles. The summed E-state index contributed by atoms with van der Waals surface area (Å²) in [4.78, 5) is 31.2. The molecular formula is C24H29N3O4S. The predicted octanol–water partition coefficient (Wildman–Crippen LogP) is 3.69. The summed E-state index contributed by atoms with van der Waals surface area (Å²) in [5.41, 5.74) is 1.74. The minimum atomic E-state index is -0.957. The van der Waals surface area contributed by atoms with E-state index in [-0.39, 0.29) is 17.2 Å². The molecule has 2 aliphatic rings. The SMILES string of the molecule is COc1ccc([C@H]2Sc3ccccc3N(CCN(C)C)C(=O)[C@H]2OC(=O)NC2CC2)cc1. The Balaban J connectivity index is 1.71. The van der Waals surface area contributed by atoms with E-state index in [9.17, 15) is 9.59 Å². The zero-order valence-corrected chi connectivity index (χ0v) is 19.4. The van der Waals surface area contributed by atoms with Crippen molar-refractivity contribution in [3.05, 3.63) is 54.1 Å². The van der Waals surface area contributed by atoms with E-state index >= 15 is 0 Å². The second kappa shape index (κ2) is 9.83. The number of benzene rings is 2. The summed E-state index contributed by atoms with van der Waals surface area (Å²) in [5.74, 6) is 0.520. The molecule has 0 radical (unpaired) electrons. The number of anilines is 1. The number of rotatable bonds is 7. The molecule has 8 heteroatoms.